The van der Waals surface area contributed by atoms with Gasteiger partial charge in [-0.05, 0) is 6.92 Å². The Morgan fingerprint density at radius 2 is 2.05 bits per heavy atom. The van der Waals surface area contributed by atoms with Gasteiger partial charge in [-0.3, -0.25) is 4.90 Å². The monoisotopic (exact) mass is 276 g/mol. The largest absolute Gasteiger partial charge is 0.383 e. The highest BCUT2D eigenvalue weighted by molar-refractivity contribution is 5.47. The van der Waals surface area contributed by atoms with E-state index in [1.807, 2.05) is 11.4 Å². The number of hydrogen-bond donors (Lipinski definition) is 0. The highest BCUT2D eigenvalue weighted by Crippen LogP contribution is 2.17. The number of piperazine rings is 1. The number of fused-ring (bicyclic) bond motifs is 1. The molecule has 0 radical (unpaired) electrons. The van der Waals surface area contributed by atoms with E-state index in [4.69, 9.17) is 4.74 Å². The van der Waals surface area contributed by atoms with Crippen LogP contribution < -0.4 is 4.90 Å². The minimum atomic E-state index is 0.668. The summed E-state index contributed by atoms with van der Waals surface area (Å²) >= 11 is 0. The fourth-order valence-corrected chi connectivity index (χ4v) is 2.56. The van der Waals surface area contributed by atoms with E-state index in [0.717, 1.165) is 50.8 Å². The smallest absolute Gasteiger partial charge is 0.254 e. The summed E-state index contributed by atoms with van der Waals surface area (Å²) in [5.74, 6) is 1.75. The average Bonchev–Trinajstić information content (AvgIpc) is 2.93. The number of rotatable bonds is 4. The van der Waals surface area contributed by atoms with Gasteiger partial charge in [0.2, 0.25) is 0 Å². The molecular formula is C13H20N6O. The molecule has 0 amide bonds. The lowest BCUT2D eigenvalue weighted by atomic mass is 10.3. The predicted molar refractivity (Wildman–Crippen MR) is 76.0 cm³/mol. The van der Waals surface area contributed by atoms with Crippen molar-refractivity contribution in [3.05, 3.63) is 18.1 Å². The van der Waals surface area contributed by atoms with E-state index in [1.54, 1.807) is 13.4 Å². The van der Waals surface area contributed by atoms with Crippen LogP contribution in [0.1, 0.15) is 5.69 Å². The molecule has 0 saturated carbocycles. The van der Waals surface area contributed by atoms with Crippen molar-refractivity contribution in [1.82, 2.24) is 24.5 Å². The van der Waals surface area contributed by atoms with Crippen molar-refractivity contribution in [2.24, 2.45) is 0 Å². The van der Waals surface area contributed by atoms with Crippen molar-refractivity contribution in [2.75, 3.05) is 51.3 Å². The van der Waals surface area contributed by atoms with Crippen LogP contribution in [0.15, 0.2) is 12.4 Å². The first-order valence-corrected chi connectivity index (χ1v) is 6.91. The summed E-state index contributed by atoms with van der Waals surface area (Å²) in [6.45, 7) is 7.85. The van der Waals surface area contributed by atoms with E-state index in [0.29, 0.717) is 5.78 Å². The maximum atomic E-state index is 5.13. The van der Waals surface area contributed by atoms with Crippen LogP contribution in [0, 0.1) is 6.92 Å². The molecule has 108 valence electrons. The van der Waals surface area contributed by atoms with Crippen molar-refractivity contribution >= 4 is 11.6 Å². The lowest BCUT2D eigenvalue weighted by Crippen LogP contribution is -2.47. The molecule has 0 spiro atoms. The van der Waals surface area contributed by atoms with E-state index in [2.05, 4.69) is 30.9 Å². The highest BCUT2D eigenvalue weighted by Gasteiger charge is 2.19. The summed E-state index contributed by atoms with van der Waals surface area (Å²) in [7, 11) is 1.75. The Hall–Kier alpha value is -1.73. The van der Waals surface area contributed by atoms with Crippen LogP contribution in [0.4, 0.5) is 5.82 Å². The molecule has 20 heavy (non-hydrogen) atoms. The van der Waals surface area contributed by atoms with Gasteiger partial charge in [-0.25, -0.2) is 4.98 Å². The minimum absolute atomic E-state index is 0.668. The second kappa shape index (κ2) is 5.72. The fraction of sp³-hybridized carbons (Fsp3) is 0.615. The van der Waals surface area contributed by atoms with Gasteiger partial charge in [0.1, 0.15) is 12.1 Å². The van der Waals surface area contributed by atoms with Gasteiger partial charge in [0.05, 0.1) is 6.61 Å². The maximum absolute atomic E-state index is 5.13. The first-order chi connectivity index (χ1) is 9.78. The number of ether oxygens (including phenoxy) is 1. The van der Waals surface area contributed by atoms with Crippen LogP contribution in [-0.4, -0.2) is 70.9 Å². The van der Waals surface area contributed by atoms with E-state index >= 15 is 0 Å². The van der Waals surface area contributed by atoms with E-state index < -0.39 is 0 Å². The van der Waals surface area contributed by atoms with Crippen LogP contribution in [0.5, 0.6) is 0 Å². The molecule has 0 aliphatic carbocycles. The summed E-state index contributed by atoms with van der Waals surface area (Å²) < 4.78 is 6.95. The third-order valence-electron chi connectivity index (χ3n) is 3.67. The first-order valence-electron chi connectivity index (χ1n) is 6.91. The number of nitrogens with zero attached hydrogens (tertiary/aromatic N) is 6. The van der Waals surface area contributed by atoms with Gasteiger partial charge in [0.25, 0.3) is 5.78 Å². The van der Waals surface area contributed by atoms with Gasteiger partial charge in [0.15, 0.2) is 0 Å². The van der Waals surface area contributed by atoms with Gasteiger partial charge in [-0.2, -0.15) is 14.6 Å². The number of anilines is 1. The third-order valence-corrected chi connectivity index (χ3v) is 3.67. The van der Waals surface area contributed by atoms with Gasteiger partial charge in [-0.1, -0.05) is 0 Å². The van der Waals surface area contributed by atoms with Crippen molar-refractivity contribution in [3.63, 3.8) is 0 Å². The van der Waals surface area contributed by atoms with Crippen molar-refractivity contribution in [3.8, 4) is 0 Å². The molecule has 1 aliphatic rings. The maximum Gasteiger partial charge on any atom is 0.254 e. The third kappa shape index (κ3) is 2.59. The highest BCUT2D eigenvalue weighted by atomic mass is 16.5. The summed E-state index contributed by atoms with van der Waals surface area (Å²) in [5, 5.41) is 4.27. The minimum Gasteiger partial charge on any atom is -0.383 e. The van der Waals surface area contributed by atoms with Gasteiger partial charge in [-0.15, -0.1) is 0 Å². The van der Waals surface area contributed by atoms with Crippen molar-refractivity contribution in [2.45, 2.75) is 6.92 Å². The topological polar surface area (TPSA) is 58.8 Å². The SMILES string of the molecule is COCCN1CCN(c2cc(C)nc3ncnn23)CC1. The number of aromatic nitrogens is 4. The van der Waals surface area contributed by atoms with Gasteiger partial charge in [0, 0.05) is 51.6 Å². The second-order valence-electron chi connectivity index (χ2n) is 5.05. The summed E-state index contributed by atoms with van der Waals surface area (Å²) in [4.78, 5) is 13.3. The first kappa shape index (κ1) is 13.3. The van der Waals surface area contributed by atoms with E-state index in [9.17, 15) is 0 Å². The quantitative estimate of drug-likeness (QED) is 0.795. The molecule has 1 aliphatic heterocycles. The summed E-state index contributed by atoms with van der Waals surface area (Å²) in [6, 6.07) is 2.08. The molecule has 2 aromatic rings. The zero-order valence-electron chi connectivity index (χ0n) is 12.0. The van der Waals surface area contributed by atoms with E-state index in [1.165, 1.54) is 0 Å². The molecule has 1 fully saturated rings. The van der Waals surface area contributed by atoms with E-state index in [-0.39, 0.29) is 0 Å². The lowest BCUT2D eigenvalue weighted by molar-refractivity contribution is 0.144. The Labute approximate surface area is 118 Å². The Kier molecular flexibility index (Phi) is 3.79. The number of methoxy groups -OCH3 is 1. The molecule has 7 heteroatoms. The molecule has 3 rings (SSSR count). The zero-order chi connectivity index (χ0) is 13.9. The number of hydrogen-bond acceptors (Lipinski definition) is 6. The lowest BCUT2D eigenvalue weighted by Gasteiger charge is -2.35. The molecule has 0 aromatic carbocycles. The zero-order valence-corrected chi connectivity index (χ0v) is 12.0. The van der Waals surface area contributed by atoms with Crippen LogP contribution in [-0.2, 0) is 4.74 Å². The second-order valence-corrected chi connectivity index (χ2v) is 5.05. The Morgan fingerprint density at radius 1 is 1.25 bits per heavy atom. The molecule has 0 atom stereocenters. The van der Waals surface area contributed by atoms with Crippen LogP contribution in [0.2, 0.25) is 0 Å². The molecule has 0 unspecified atom stereocenters. The van der Waals surface area contributed by atoms with Crippen molar-refractivity contribution < 1.29 is 4.74 Å². The molecule has 2 aromatic heterocycles. The van der Waals surface area contributed by atoms with Crippen LogP contribution in [0.25, 0.3) is 5.78 Å². The fourth-order valence-electron chi connectivity index (χ4n) is 2.56. The number of aryl methyl sites for hydroxylation is 1. The standard InChI is InChI=1S/C13H20N6O/c1-11-9-12(19-13(16-11)14-10-15-19)18-5-3-17(4-6-18)7-8-20-2/h9-10H,3-8H2,1-2H3. The Bertz CT molecular complexity index is 575. The van der Waals surface area contributed by atoms with Crippen molar-refractivity contribution in [1.29, 1.82) is 0 Å². The Balaban J connectivity index is 1.75. The van der Waals surface area contributed by atoms with Crippen LogP contribution >= 0.6 is 0 Å². The molecule has 0 bridgehead atoms. The normalized spacial score (nSPS) is 17.0. The Morgan fingerprint density at radius 3 is 2.80 bits per heavy atom. The predicted octanol–water partition coefficient (Wildman–Crippen LogP) is 0.201. The summed E-state index contributed by atoms with van der Waals surface area (Å²) in [6.07, 6.45) is 1.56. The van der Waals surface area contributed by atoms with Crippen LogP contribution in [0.3, 0.4) is 0 Å². The molecular weight excluding hydrogens is 256 g/mol. The summed E-state index contributed by atoms with van der Waals surface area (Å²) in [5.41, 5.74) is 0.974. The molecule has 7 nitrogen and oxygen atoms in total. The van der Waals surface area contributed by atoms with Gasteiger partial charge < -0.3 is 9.64 Å². The molecule has 1 saturated heterocycles. The average molecular weight is 276 g/mol. The molecule has 3 heterocycles. The van der Waals surface area contributed by atoms with Gasteiger partial charge >= 0.3 is 0 Å². The molecule has 0 N–H and O–H groups in total.